The molecule has 0 fully saturated rings. The topological polar surface area (TPSA) is 119 Å². The molecule has 1 heterocycles. The summed E-state index contributed by atoms with van der Waals surface area (Å²) in [7, 11) is 0. The number of fused-ring (bicyclic) bond motifs is 1. The largest absolute Gasteiger partial charge is 0.277 e. The van der Waals surface area contributed by atoms with Crippen LogP contribution in [0, 0.1) is 10.1 Å². The molecule has 3 rings (SSSR count). The number of benzene rings is 2. The summed E-state index contributed by atoms with van der Waals surface area (Å²) in [4.78, 5) is 39.2. The zero-order valence-electron chi connectivity index (χ0n) is 14.5. The molecule has 1 amide bonds. The van der Waals surface area contributed by atoms with Gasteiger partial charge in [0.15, 0.2) is 0 Å². The van der Waals surface area contributed by atoms with Crippen LogP contribution in [0.25, 0.3) is 10.9 Å². The zero-order chi connectivity index (χ0) is 19.4. The second-order valence-corrected chi connectivity index (χ2v) is 5.78. The molecule has 0 aliphatic carbocycles. The number of hydrazine groups is 1. The lowest BCUT2D eigenvalue weighted by Crippen LogP contribution is -2.35. The van der Waals surface area contributed by atoms with Gasteiger partial charge in [-0.15, -0.1) is 0 Å². The van der Waals surface area contributed by atoms with Gasteiger partial charge in [0.25, 0.3) is 11.2 Å². The van der Waals surface area contributed by atoms with Crippen molar-refractivity contribution < 1.29 is 9.72 Å². The molecule has 138 valence electrons. The Morgan fingerprint density at radius 2 is 1.89 bits per heavy atom. The SMILES string of the molecule is CCn1c(NNC(=O)Cc2ccc([N+](=O)[O-])cc2)nc2ccccc2c1=O. The van der Waals surface area contributed by atoms with Gasteiger partial charge in [-0.05, 0) is 24.6 Å². The van der Waals surface area contributed by atoms with Crippen molar-refractivity contribution in [1.29, 1.82) is 0 Å². The van der Waals surface area contributed by atoms with E-state index in [2.05, 4.69) is 15.8 Å². The maximum Gasteiger partial charge on any atom is 0.269 e. The number of anilines is 1. The number of nitro groups is 1. The smallest absolute Gasteiger partial charge is 0.269 e. The van der Waals surface area contributed by atoms with Gasteiger partial charge in [-0.2, -0.15) is 0 Å². The number of carbonyl (C=O) groups is 1. The molecule has 0 saturated heterocycles. The van der Waals surface area contributed by atoms with Gasteiger partial charge in [-0.3, -0.25) is 35.1 Å². The first-order chi connectivity index (χ1) is 13.0. The summed E-state index contributed by atoms with van der Waals surface area (Å²) in [6.45, 7) is 2.19. The van der Waals surface area contributed by atoms with E-state index in [-0.39, 0.29) is 29.5 Å². The number of hydrogen-bond acceptors (Lipinski definition) is 6. The fraction of sp³-hybridized carbons (Fsp3) is 0.167. The number of rotatable bonds is 6. The van der Waals surface area contributed by atoms with E-state index < -0.39 is 4.92 Å². The summed E-state index contributed by atoms with van der Waals surface area (Å²) < 4.78 is 1.43. The molecule has 9 nitrogen and oxygen atoms in total. The number of carbonyl (C=O) groups excluding carboxylic acids is 1. The molecule has 3 aromatic rings. The van der Waals surface area contributed by atoms with Crippen molar-refractivity contribution in [2.45, 2.75) is 19.9 Å². The minimum atomic E-state index is -0.499. The molecule has 2 N–H and O–H groups in total. The maximum absolute atomic E-state index is 12.5. The van der Waals surface area contributed by atoms with Crippen LogP contribution in [0.15, 0.2) is 53.3 Å². The predicted octanol–water partition coefficient (Wildman–Crippen LogP) is 2.01. The minimum Gasteiger partial charge on any atom is -0.277 e. The third kappa shape index (κ3) is 3.92. The fourth-order valence-electron chi connectivity index (χ4n) is 2.65. The van der Waals surface area contributed by atoms with E-state index >= 15 is 0 Å². The summed E-state index contributed by atoms with van der Waals surface area (Å²) >= 11 is 0. The quantitative estimate of drug-likeness (QED) is 0.508. The van der Waals surface area contributed by atoms with E-state index in [1.807, 2.05) is 6.92 Å². The van der Waals surface area contributed by atoms with Gasteiger partial charge in [0.2, 0.25) is 11.9 Å². The molecule has 0 aliphatic heterocycles. The van der Waals surface area contributed by atoms with Crippen molar-refractivity contribution in [3.8, 4) is 0 Å². The Bertz CT molecular complexity index is 1060. The average molecular weight is 367 g/mol. The molecular weight excluding hydrogens is 350 g/mol. The molecular formula is C18H17N5O4. The van der Waals surface area contributed by atoms with Crippen LogP contribution in [0.4, 0.5) is 11.6 Å². The standard InChI is InChI=1S/C18H17N5O4/c1-2-22-17(25)14-5-3-4-6-15(14)19-18(22)21-20-16(24)11-12-7-9-13(10-8-12)23(26)27/h3-10H,2,11H2,1H3,(H,19,21)(H,20,24). The van der Waals surface area contributed by atoms with Gasteiger partial charge in [-0.25, -0.2) is 4.98 Å². The number of non-ortho nitro benzene ring substituents is 1. The first-order valence-electron chi connectivity index (χ1n) is 8.27. The predicted molar refractivity (Wildman–Crippen MR) is 100 cm³/mol. The van der Waals surface area contributed by atoms with Crippen molar-refractivity contribution in [2.24, 2.45) is 0 Å². The highest BCUT2D eigenvalue weighted by Gasteiger charge is 2.11. The number of aromatic nitrogens is 2. The first-order valence-corrected chi connectivity index (χ1v) is 8.27. The Kier molecular flexibility index (Phi) is 5.11. The average Bonchev–Trinajstić information content (AvgIpc) is 2.67. The molecule has 0 bridgehead atoms. The molecule has 0 spiro atoms. The molecule has 9 heteroatoms. The molecule has 0 unspecified atom stereocenters. The van der Waals surface area contributed by atoms with Crippen molar-refractivity contribution in [3.63, 3.8) is 0 Å². The number of hydrogen-bond donors (Lipinski definition) is 2. The number of nitrogens with one attached hydrogen (secondary N) is 2. The van der Waals surface area contributed by atoms with Crippen LogP contribution in [0.5, 0.6) is 0 Å². The number of amides is 1. The van der Waals surface area contributed by atoms with Crippen LogP contribution in [-0.2, 0) is 17.8 Å². The number of nitro benzene ring substituents is 1. The number of nitrogens with zero attached hydrogens (tertiary/aromatic N) is 3. The lowest BCUT2D eigenvalue weighted by molar-refractivity contribution is -0.384. The molecule has 0 aliphatic rings. The molecule has 0 atom stereocenters. The van der Waals surface area contributed by atoms with Gasteiger partial charge < -0.3 is 0 Å². The summed E-state index contributed by atoms with van der Waals surface area (Å²) in [5.74, 6) is -0.132. The van der Waals surface area contributed by atoms with E-state index in [9.17, 15) is 19.7 Å². The molecule has 1 aromatic heterocycles. The third-order valence-corrected chi connectivity index (χ3v) is 4.00. The van der Waals surface area contributed by atoms with Crippen molar-refractivity contribution >= 4 is 28.4 Å². The lowest BCUT2D eigenvalue weighted by Gasteiger charge is -2.14. The van der Waals surface area contributed by atoms with Crippen molar-refractivity contribution in [1.82, 2.24) is 15.0 Å². The second kappa shape index (κ2) is 7.65. The van der Waals surface area contributed by atoms with E-state index in [0.717, 1.165) is 0 Å². The molecule has 0 saturated carbocycles. The van der Waals surface area contributed by atoms with Crippen LogP contribution in [-0.4, -0.2) is 20.4 Å². The molecule has 0 radical (unpaired) electrons. The second-order valence-electron chi connectivity index (χ2n) is 5.78. The van der Waals surface area contributed by atoms with Crippen LogP contribution < -0.4 is 16.4 Å². The van der Waals surface area contributed by atoms with E-state index in [1.54, 1.807) is 24.3 Å². The summed E-state index contributed by atoms with van der Waals surface area (Å²) in [5, 5.41) is 11.2. The van der Waals surface area contributed by atoms with Crippen LogP contribution in [0.1, 0.15) is 12.5 Å². The zero-order valence-corrected chi connectivity index (χ0v) is 14.5. The molecule has 2 aromatic carbocycles. The van der Waals surface area contributed by atoms with Crippen LogP contribution >= 0.6 is 0 Å². The highest BCUT2D eigenvalue weighted by atomic mass is 16.6. The van der Waals surface area contributed by atoms with Crippen molar-refractivity contribution in [2.75, 3.05) is 5.43 Å². The minimum absolute atomic E-state index is 0.0228. The summed E-state index contributed by atoms with van der Waals surface area (Å²) in [5.41, 5.74) is 6.11. The monoisotopic (exact) mass is 367 g/mol. The van der Waals surface area contributed by atoms with Gasteiger partial charge >= 0.3 is 0 Å². The highest BCUT2D eigenvalue weighted by molar-refractivity contribution is 5.81. The molecule has 27 heavy (non-hydrogen) atoms. The van der Waals surface area contributed by atoms with Gasteiger partial charge in [-0.1, -0.05) is 24.3 Å². The lowest BCUT2D eigenvalue weighted by atomic mass is 10.1. The van der Waals surface area contributed by atoms with E-state index in [4.69, 9.17) is 0 Å². The number of para-hydroxylation sites is 1. The highest BCUT2D eigenvalue weighted by Crippen LogP contribution is 2.13. The Morgan fingerprint density at radius 1 is 1.19 bits per heavy atom. The van der Waals surface area contributed by atoms with Gasteiger partial charge in [0, 0.05) is 18.7 Å². The first kappa shape index (κ1) is 18.1. The third-order valence-electron chi connectivity index (χ3n) is 4.00. The summed E-state index contributed by atoms with van der Waals surface area (Å²) in [6.07, 6.45) is 0.0228. The Morgan fingerprint density at radius 3 is 2.56 bits per heavy atom. The van der Waals surface area contributed by atoms with Gasteiger partial charge in [0.05, 0.1) is 22.2 Å². The van der Waals surface area contributed by atoms with E-state index in [0.29, 0.717) is 23.0 Å². The Labute approximate surface area is 153 Å². The van der Waals surface area contributed by atoms with Gasteiger partial charge in [0.1, 0.15) is 0 Å². The Hall–Kier alpha value is -3.75. The maximum atomic E-state index is 12.5. The normalized spacial score (nSPS) is 10.6. The van der Waals surface area contributed by atoms with E-state index in [1.165, 1.54) is 28.8 Å². The summed E-state index contributed by atoms with van der Waals surface area (Å²) in [6, 6.07) is 12.7. The van der Waals surface area contributed by atoms with Crippen LogP contribution in [0.2, 0.25) is 0 Å². The van der Waals surface area contributed by atoms with Crippen LogP contribution in [0.3, 0.4) is 0 Å². The van der Waals surface area contributed by atoms with Crippen molar-refractivity contribution in [3.05, 3.63) is 74.6 Å². The fourth-order valence-corrected chi connectivity index (χ4v) is 2.65. The Balaban J connectivity index is 1.73.